The molecule has 24 heavy (non-hydrogen) atoms. The van der Waals surface area contributed by atoms with Gasteiger partial charge in [-0.1, -0.05) is 41.7 Å². The fourth-order valence-electron chi connectivity index (χ4n) is 3.15. The highest BCUT2D eigenvalue weighted by atomic mass is 35.5. The van der Waals surface area contributed by atoms with Crippen molar-refractivity contribution in [2.24, 2.45) is 5.92 Å². The zero-order valence-electron chi connectivity index (χ0n) is 13.5. The summed E-state index contributed by atoms with van der Waals surface area (Å²) in [4.78, 5) is 4.83. The van der Waals surface area contributed by atoms with Gasteiger partial charge in [0.05, 0.1) is 15.7 Å². The molecule has 1 aliphatic rings. The molecule has 7 heteroatoms. The van der Waals surface area contributed by atoms with Crippen molar-refractivity contribution in [2.45, 2.75) is 39.7 Å². The Hall–Kier alpha value is -1.23. The molecular weight excluding hydrogens is 367 g/mol. The molecule has 0 saturated heterocycles. The van der Waals surface area contributed by atoms with Crippen LogP contribution in [0.25, 0.3) is 16.9 Å². The van der Waals surface area contributed by atoms with Crippen LogP contribution in [0.3, 0.4) is 0 Å². The average Bonchev–Trinajstić information content (AvgIpc) is 3.16. The van der Waals surface area contributed by atoms with E-state index >= 15 is 0 Å². The van der Waals surface area contributed by atoms with E-state index in [2.05, 4.69) is 16.6 Å². The maximum absolute atomic E-state index is 6.39. The second-order valence-electron chi connectivity index (χ2n) is 6.32. The van der Waals surface area contributed by atoms with Gasteiger partial charge in [-0.2, -0.15) is 5.10 Å². The molecule has 0 unspecified atom stereocenters. The van der Waals surface area contributed by atoms with E-state index in [1.54, 1.807) is 16.8 Å². The number of rotatable bonds is 4. The van der Waals surface area contributed by atoms with Crippen LogP contribution in [0.2, 0.25) is 15.1 Å². The quantitative estimate of drug-likeness (QED) is 0.599. The summed E-state index contributed by atoms with van der Waals surface area (Å²) in [5.41, 5.74) is 3.43. The molecule has 2 heterocycles. The number of fused-ring (bicyclic) bond motifs is 1. The van der Waals surface area contributed by atoms with Crippen molar-refractivity contribution in [3.63, 3.8) is 0 Å². The van der Waals surface area contributed by atoms with E-state index in [0.717, 1.165) is 41.6 Å². The molecule has 1 aromatic carbocycles. The lowest BCUT2D eigenvalue weighted by molar-refractivity contribution is 0.612. The normalized spacial score (nSPS) is 14.7. The molecule has 1 fully saturated rings. The van der Waals surface area contributed by atoms with Crippen LogP contribution in [0.15, 0.2) is 12.1 Å². The Morgan fingerprint density at radius 1 is 1.17 bits per heavy atom. The molecule has 1 aliphatic carbocycles. The fourth-order valence-corrected chi connectivity index (χ4v) is 4.13. The molecular formula is C17H17Cl3N4. The van der Waals surface area contributed by atoms with E-state index in [9.17, 15) is 0 Å². The first-order valence-corrected chi connectivity index (χ1v) is 9.22. The summed E-state index contributed by atoms with van der Waals surface area (Å²) in [6, 6.07) is 3.35. The number of hydrogen-bond donors (Lipinski definition) is 0. The predicted molar refractivity (Wildman–Crippen MR) is 98.7 cm³/mol. The molecule has 0 atom stereocenters. The van der Waals surface area contributed by atoms with Gasteiger partial charge in [0, 0.05) is 18.0 Å². The van der Waals surface area contributed by atoms with Crippen LogP contribution < -0.4 is 0 Å². The van der Waals surface area contributed by atoms with Gasteiger partial charge in [0.25, 0.3) is 0 Å². The van der Waals surface area contributed by atoms with Crippen molar-refractivity contribution in [3.8, 4) is 5.69 Å². The van der Waals surface area contributed by atoms with Crippen LogP contribution in [0.5, 0.6) is 0 Å². The summed E-state index contributed by atoms with van der Waals surface area (Å²) in [6.45, 7) is 5.13. The van der Waals surface area contributed by atoms with E-state index in [1.165, 1.54) is 12.8 Å². The largest absolute Gasteiger partial charge is 0.325 e. The van der Waals surface area contributed by atoms with Crippen LogP contribution in [0.4, 0.5) is 0 Å². The van der Waals surface area contributed by atoms with Crippen molar-refractivity contribution in [1.29, 1.82) is 0 Å². The monoisotopic (exact) mass is 382 g/mol. The van der Waals surface area contributed by atoms with Gasteiger partial charge in [-0.15, -0.1) is 0 Å². The number of imidazole rings is 1. The third kappa shape index (κ3) is 2.61. The fraction of sp³-hybridized carbons (Fsp3) is 0.412. The number of aryl methyl sites for hydroxylation is 2. The van der Waals surface area contributed by atoms with E-state index in [4.69, 9.17) is 39.8 Å². The van der Waals surface area contributed by atoms with Gasteiger partial charge in [0.1, 0.15) is 17.0 Å². The van der Waals surface area contributed by atoms with Crippen molar-refractivity contribution >= 4 is 46.0 Å². The van der Waals surface area contributed by atoms with E-state index in [-0.39, 0.29) is 0 Å². The van der Waals surface area contributed by atoms with Crippen molar-refractivity contribution in [3.05, 3.63) is 38.7 Å². The molecule has 4 nitrogen and oxygen atoms in total. The summed E-state index contributed by atoms with van der Waals surface area (Å²) in [5, 5.41) is 6.09. The minimum absolute atomic E-state index is 0.465. The number of benzene rings is 1. The minimum atomic E-state index is 0.465. The second kappa shape index (κ2) is 5.94. The van der Waals surface area contributed by atoms with Crippen molar-refractivity contribution in [1.82, 2.24) is 19.3 Å². The summed E-state index contributed by atoms with van der Waals surface area (Å²) in [5.74, 6) is 1.84. The number of aromatic nitrogens is 4. The Labute approximate surface area is 155 Å². The van der Waals surface area contributed by atoms with Crippen LogP contribution in [-0.2, 0) is 13.0 Å². The summed E-state index contributed by atoms with van der Waals surface area (Å²) in [6.07, 6.45) is 3.47. The van der Waals surface area contributed by atoms with Gasteiger partial charge in [0.15, 0.2) is 5.65 Å². The van der Waals surface area contributed by atoms with Crippen LogP contribution in [0.1, 0.15) is 31.3 Å². The van der Waals surface area contributed by atoms with Crippen LogP contribution in [-0.4, -0.2) is 19.3 Å². The molecule has 0 radical (unpaired) electrons. The Kier molecular flexibility index (Phi) is 4.02. The minimum Gasteiger partial charge on any atom is -0.325 e. The maximum Gasteiger partial charge on any atom is 0.181 e. The highest BCUT2D eigenvalue weighted by Gasteiger charge is 2.27. The number of hydrogen-bond acceptors (Lipinski definition) is 2. The standard InChI is InChI=1S/C17H17Cl3N4/c1-3-14-21-17-15(23(14)8-10-4-5-10)9(2)22-24(17)16-12(19)6-11(18)7-13(16)20/h6-7,10H,3-5,8H2,1-2H3. The van der Waals surface area contributed by atoms with Gasteiger partial charge in [-0.25, -0.2) is 9.67 Å². The predicted octanol–water partition coefficient (Wildman–Crippen LogP) is 5.46. The van der Waals surface area contributed by atoms with Gasteiger partial charge in [0.2, 0.25) is 0 Å². The van der Waals surface area contributed by atoms with E-state index < -0.39 is 0 Å². The average molecular weight is 384 g/mol. The first-order chi connectivity index (χ1) is 11.5. The second-order valence-corrected chi connectivity index (χ2v) is 7.57. The molecule has 2 aromatic heterocycles. The van der Waals surface area contributed by atoms with Crippen LogP contribution >= 0.6 is 34.8 Å². The Balaban J connectivity index is 1.96. The molecule has 4 rings (SSSR count). The smallest absolute Gasteiger partial charge is 0.181 e. The zero-order chi connectivity index (χ0) is 17.0. The summed E-state index contributed by atoms with van der Waals surface area (Å²) in [7, 11) is 0. The topological polar surface area (TPSA) is 35.6 Å². The summed E-state index contributed by atoms with van der Waals surface area (Å²) >= 11 is 18.8. The van der Waals surface area contributed by atoms with Crippen LogP contribution in [0, 0.1) is 12.8 Å². The Morgan fingerprint density at radius 2 is 1.83 bits per heavy atom. The molecule has 0 bridgehead atoms. The maximum atomic E-state index is 6.39. The molecule has 0 amide bonds. The number of halogens is 3. The first kappa shape index (κ1) is 16.2. The van der Waals surface area contributed by atoms with Crippen molar-refractivity contribution in [2.75, 3.05) is 0 Å². The molecule has 0 aliphatic heterocycles. The van der Waals surface area contributed by atoms with E-state index in [0.29, 0.717) is 20.8 Å². The highest BCUT2D eigenvalue weighted by molar-refractivity contribution is 6.40. The molecule has 0 N–H and O–H groups in total. The molecule has 3 aromatic rings. The first-order valence-electron chi connectivity index (χ1n) is 8.09. The highest BCUT2D eigenvalue weighted by Crippen LogP contribution is 2.36. The molecule has 126 valence electrons. The number of nitrogens with zero attached hydrogens (tertiary/aromatic N) is 4. The SMILES string of the molecule is CCc1nc2c(c(C)nn2-c2c(Cl)cc(Cl)cc2Cl)n1CC1CC1. The lowest BCUT2D eigenvalue weighted by atomic mass is 10.3. The lowest BCUT2D eigenvalue weighted by Gasteiger charge is -2.08. The van der Waals surface area contributed by atoms with Gasteiger partial charge in [-0.3, -0.25) is 0 Å². The van der Waals surface area contributed by atoms with Gasteiger partial charge >= 0.3 is 0 Å². The van der Waals surface area contributed by atoms with Gasteiger partial charge in [-0.05, 0) is 37.8 Å². The third-order valence-electron chi connectivity index (χ3n) is 4.47. The Bertz CT molecular complexity index is 914. The third-order valence-corrected chi connectivity index (χ3v) is 5.26. The summed E-state index contributed by atoms with van der Waals surface area (Å²) < 4.78 is 4.05. The molecule has 0 spiro atoms. The Morgan fingerprint density at radius 3 is 2.42 bits per heavy atom. The zero-order valence-corrected chi connectivity index (χ0v) is 15.8. The van der Waals surface area contributed by atoms with E-state index in [1.807, 2.05) is 6.92 Å². The van der Waals surface area contributed by atoms with Crippen molar-refractivity contribution < 1.29 is 0 Å². The van der Waals surface area contributed by atoms with Gasteiger partial charge < -0.3 is 4.57 Å². The lowest BCUT2D eigenvalue weighted by Crippen LogP contribution is -2.05. The molecule has 1 saturated carbocycles.